The monoisotopic (exact) mass is 302 g/mol. The third-order valence-electron chi connectivity index (χ3n) is 3.12. The van der Waals surface area contributed by atoms with Gasteiger partial charge >= 0.3 is 0 Å². The lowest BCUT2D eigenvalue weighted by Crippen LogP contribution is -2.68. The van der Waals surface area contributed by atoms with Crippen molar-refractivity contribution in [1.82, 2.24) is 0 Å². The van der Waals surface area contributed by atoms with Gasteiger partial charge in [0.25, 0.3) is 0 Å². The van der Waals surface area contributed by atoms with E-state index in [9.17, 15) is 0 Å². The van der Waals surface area contributed by atoms with Crippen molar-refractivity contribution in [2.24, 2.45) is 5.16 Å². The van der Waals surface area contributed by atoms with Gasteiger partial charge in [-0.15, -0.1) is 10.2 Å². The molecular weight excluding hydrogens is 288 g/mol. The van der Waals surface area contributed by atoms with Gasteiger partial charge in [-0.3, -0.25) is 0 Å². The topological polar surface area (TPSA) is 128 Å². The first kappa shape index (κ1) is 16.5. The summed E-state index contributed by atoms with van der Waals surface area (Å²) in [6.07, 6.45) is 1.51. The minimum Gasteiger partial charge on any atom is -0.411 e. The van der Waals surface area contributed by atoms with E-state index < -0.39 is 10.2 Å². The molecule has 0 bridgehead atoms. The number of hydrogen-bond donors (Lipinski definition) is 1. The fourth-order valence-corrected chi connectivity index (χ4v) is 2.28. The van der Waals surface area contributed by atoms with Gasteiger partial charge in [-0.05, 0) is 13.8 Å². The summed E-state index contributed by atoms with van der Waals surface area (Å²) in [5.41, 5.74) is 3.35. The highest BCUT2D eigenvalue weighted by Gasteiger charge is 2.43. The maximum Gasteiger partial charge on any atom is 0.213 e. The molecule has 1 aromatic rings. The Morgan fingerprint density at radius 1 is 1.20 bits per heavy atom. The minimum absolute atomic E-state index is 0.0996. The van der Waals surface area contributed by atoms with Gasteiger partial charge in [0, 0.05) is 11.6 Å². The number of rotatable bonds is 1. The van der Waals surface area contributed by atoms with Gasteiger partial charge in [-0.25, -0.2) is 18.6 Å². The summed E-state index contributed by atoms with van der Waals surface area (Å²) in [5.74, 6) is 0. The molecule has 0 aromatic heterocycles. The lowest BCUT2D eigenvalue weighted by molar-refractivity contribution is -2.00. The third-order valence-corrected chi connectivity index (χ3v) is 3.12. The Balaban J connectivity index is 0.000000347. The normalized spacial score (nSPS) is 16.9. The van der Waals surface area contributed by atoms with Crippen LogP contribution in [0.15, 0.2) is 29.4 Å². The van der Waals surface area contributed by atoms with Crippen molar-refractivity contribution in [3.8, 4) is 0 Å². The van der Waals surface area contributed by atoms with Crippen LogP contribution in [0.1, 0.15) is 19.4 Å². The molecular formula is C12H15ClN2O5. The first-order valence-corrected chi connectivity index (χ1v) is 6.82. The lowest BCUT2D eigenvalue weighted by Gasteiger charge is -2.17. The molecule has 1 aliphatic heterocycles. The standard InChI is InChI=1S/C12H14N2O.ClHO4/c1-12(2)9-6-4-5-7-10(9)14(3)11(12)8-13-15;2-1(3,4)5/h4-8H,1-3H3;(H,2,3,4,5). The average Bonchev–Trinajstić information content (AvgIpc) is 2.50. The molecule has 0 radical (unpaired) electrons. The maximum absolute atomic E-state index is 8.68. The van der Waals surface area contributed by atoms with E-state index in [4.69, 9.17) is 23.8 Å². The number of para-hydroxylation sites is 1. The molecule has 0 aliphatic carbocycles. The van der Waals surface area contributed by atoms with Crippen LogP contribution in [-0.4, -0.2) is 28.8 Å². The third kappa shape index (κ3) is 3.75. The van der Waals surface area contributed by atoms with E-state index >= 15 is 0 Å². The second-order valence-corrected chi connectivity index (χ2v) is 5.46. The Morgan fingerprint density at radius 3 is 2.15 bits per heavy atom. The molecule has 1 aromatic carbocycles. The molecule has 1 N–H and O–H groups in total. The Bertz CT molecular complexity index is 543. The fraction of sp³-hybridized carbons (Fsp3) is 0.333. The molecule has 1 heterocycles. The van der Waals surface area contributed by atoms with Gasteiger partial charge < -0.3 is 5.21 Å². The van der Waals surface area contributed by atoms with E-state index in [1.165, 1.54) is 17.5 Å². The molecule has 0 amide bonds. The summed E-state index contributed by atoms with van der Waals surface area (Å²) in [5, 5.41) is 11.8. The molecule has 110 valence electrons. The zero-order valence-corrected chi connectivity index (χ0v) is 12.0. The molecule has 8 heteroatoms. The quantitative estimate of drug-likeness (QED) is 0.263. The number of fused-ring (bicyclic) bond motifs is 1. The SMILES string of the molecule is C[N+]1=C(/C=N/O)C(C)(C)c2ccccc21.[O-][Cl+3]([O-])([O-])[O-]. The van der Waals surface area contributed by atoms with E-state index in [1.54, 1.807) is 0 Å². The molecule has 0 saturated carbocycles. The Labute approximate surface area is 118 Å². The largest absolute Gasteiger partial charge is 0.411 e. The van der Waals surface area contributed by atoms with Crippen molar-refractivity contribution < 1.29 is 38.7 Å². The molecule has 7 nitrogen and oxygen atoms in total. The number of oxime groups is 1. The fourth-order valence-electron chi connectivity index (χ4n) is 2.28. The first-order valence-electron chi connectivity index (χ1n) is 5.59. The number of nitrogens with zero attached hydrogens (tertiary/aromatic N) is 2. The summed E-state index contributed by atoms with van der Waals surface area (Å²) in [6.45, 7) is 4.26. The number of benzene rings is 1. The summed E-state index contributed by atoms with van der Waals surface area (Å²) >= 11 is 0. The molecule has 0 spiro atoms. The molecule has 20 heavy (non-hydrogen) atoms. The van der Waals surface area contributed by atoms with E-state index in [1.807, 2.05) is 19.2 Å². The lowest BCUT2D eigenvalue weighted by atomic mass is 9.82. The zero-order chi connectivity index (χ0) is 15.6. The van der Waals surface area contributed by atoms with Gasteiger partial charge in [0.2, 0.25) is 11.4 Å². The van der Waals surface area contributed by atoms with Crippen LogP contribution in [0.4, 0.5) is 5.69 Å². The molecule has 0 unspecified atom stereocenters. The highest BCUT2D eigenvalue weighted by atomic mass is 35.7. The van der Waals surface area contributed by atoms with Crippen LogP contribution >= 0.6 is 0 Å². The minimum atomic E-state index is -4.94. The van der Waals surface area contributed by atoms with Crippen LogP contribution in [0, 0.1) is 10.2 Å². The van der Waals surface area contributed by atoms with Crippen LogP contribution in [0.25, 0.3) is 0 Å². The van der Waals surface area contributed by atoms with Crippen molar-refractivity contribution in [1.29, 1.82) is 0 Å². The molecule has 0 saturated heterocycles. The van der Waals surface area contributed by atoms with Gasteiger partial charge in [0.1, 0.15) is 13.3 Å². The Morgan fingerprint density at radius 2 is 1.70 bits per heavy atom. The van der Waals surface area contributed by atoms with Crippen molar-refractivity contribution in [3.63, 3.8) is 0 Å². The van der Waals surface area contributed by atoms with Crippen LogP contribution in [-0.2, 0) is 5.41 Å². The predicted molar refractivity (Wildman–Crippen MR) is 60.6 cm³/mol. The zero-order valence-electron chi connectivity index (χ0n) is 11.2. The number of halogens is 1. The van der Waals surface area contributed by atoms with Crippen LogP contribution < -0.4 is 18.6 Å². The summed E-state index contributed by atoms with van der Waals surface area (Å²) in [6, 6.07) is 8.25. The van der Waals surface area contributed by atoms with Crippen LogP contribution in [0.5, 0.6) is 0 Å². The maximum atomic E-state index is 8.68. The second kappa shape index (κ2) is 5.86. The average molecular weight is 303 g/mol. The van der Waals surface area contributed by atoms with Gasteiger partial charge in [-0.2, -0.15) is 4.58 Å². The van der Waals surface area contributed by atoms with E-state index in [0.717, 1.165) is 5.71 Å². The molecule has 2 rings (SSSR count). The van der Waals surface area contributed by atoms with Gasteiger partial charge in [-0.1, -0.05) is 23.4 Å². The van der Waals surface area contributed by atoms with Gasteiger partial charge in [0.05, 0.1) is 5.41 Å². The van der Waals surface area contributed by atoms with Crippen molar-refractivity contribution in [2.45, 2.75) is 19.3 Å². The van der Waals surface area contributed by atoms with Crippen molar-refractivity contribution in [2.75, 3.05) is 7.05 Å². The van der Waals surface area contributed by atoms with Crippen molar-refractivity contribution in [3.05, 3.63) is 29.8 Å². The highest BCUT2D eigenvalue weighted by Crippen LogP contribution is 2.37. The highest BCUT2D eigenvalue weighted by molar-refractivity contribution is 6.33. The summed E-state index contributed by atoms with van der Waals surface area (Å²) < 4.78 is 36.0. The van der Waals surface area contributed by atoms with Gasteiger partial charge in [0.15, 0.2) is 0 Å². The molecule has 1 aliphatic rings. The molecule has 0 atom stereocenters. The van der Waals surface area contributed by atoms with Crippen molar-refractivity contribution >= 4 is 17.6 Å². The predicted octanol–water partition coefficient (Wildman–Crippen LogP) is -2.60. The Kier molecular flexibility index (Phi) is 4.85. The van der Waals surface area contributed by atoms with E-state index in [0.29, 0.717) is 0 Å². The summed E-state index contributed by atoms with van der Waals surface area (Å²) in [4.78, 5) is 0. The van der Waals surface area contributed by atoms with Crippen LogP contribution in [0.2, 0.25) is 0 Å². The first-order chi connectivity index (χ1) is 9.09. The van der Waals surface area contributed by atoms with E-state index in [2.05, 4.69) is 35.7 Å². The van der Waals surface area contributed by atoms with E-state index in [-0.39, 0.29) is 5.41 Å². The summed E-state index contributed by atoms with van der Waals surface area (Å²) in [7, 11) is -2.95. The van der Waals surface area contributed by atoms with Crippen LogP contribution in [0.3, 0.4) is 0 Å². The Hall–Kier alpha value is -1.51. The number of hydrogen-bond acceptors (Lipinski definition) is 6. The second-order valence-electron chi connectivity index (χ2n) is 4.71. The smallest absolute Gasteiger partial charge is 0.213 e. The molecule has 0 fully saturated rings.